The van der Waals surface area contributed by atoms with E-state index in [4.69, 9.17) is 47.4 Å². The van der Waals surface area contributed by atoms with Gasteiger partial charge in [0, 0.05) is 0 Å². The monoisotopic (exact) mass is 1140 g/mol. The molecule has 460 valence electrons. The molecule has 0 aliphatic carbocycles. The third-order valence-corrected chi connectivity index (χ3v) is 15.7. The lowest BCUT2D eigenvalue weighted by molar-refractivity contribution is -0.412. The predicted octanol–water partition coefficient (Wildman–Crippen LogP) is -3.22. The van der Waals surface area contributed by atoms with Gasteiger partial charge in [-0.15, -0.1) is 0 Å². The minimum Gasteiger partial charge on any atom is -0.394 e. The average molecular weight is 1140 g/mol. The first-order valence-corrected chi connectivity index (χ1v) is 28.5. The van der Waals surface area contributed by atoms with E-state index < -0.39 is 187 Å². The SMILES string of the molecule is CCCCCCCCCCC(CCCCCCCCCC)CO[C@@H]1OC(CO[C@@H]2OC(CO)[C@@H](O)[C@H](O)C2O)[C@@H](O[C@@H]2OC(CO)[C@@H](O)[C@H](O)C2O)[C@H](O[C@@H]2OC(CO)[C@@H](O)[C@H](O)C2O)C1O[C@@H]1OC(CO)[C@@H](O)[C@H](O)C1O. The van der Waals surface area contributed by atoms with Crippen LogP contribution in [0.1, 0.15) is 129 Å². The fourth-order valence-corrected chi connectivity index (χ4v) is 10.7. The second-order valence-electron chi connectivity index (χ2n) is 21.7. The molecule has 5 saturated heterocycles. The van der Waals surface area contributed by atoms with Gasteiger partial charge in [-0.3, -0.25) is 0 Å². The maximum atomic E-state index is 11.4. The van der Waals surface area contributed by atoms with Crippen LogP contribution in [-0.2, 0) is 47.4 Å². The molecule has 0 radical (unpaired) electrons. The Morgan fingerprint density at radius 1 is 0.308 bits per heavy atom. The van der Waals surface area contributed by atoms with Gasteiger partial charge in [0.15, 0.2) is 31.5 Å². The molecule has 5 aliphatic rings. The maximum Gasteiger partial charge on any atom is 0.187 e. The zero-order valence-corrected chi connectivity index (χ0v) is 45.2. The number of aliphatic hydroxyl groups excluding tert-OH is 16. The second kappa shape index (κ2) is 34.7. The second-order valence-corrected chi connectivity index (χ2v) is 21.7. The summed E-state index contributed by atoms with van der Waals surface area (Å²) in [4.78, 5) is 0. The molecule has 0 aromatic heterocycles. The largest absolute Gasteiger partial charge is 0.394 e. The molecule has 5 fully saturated rings. The molecule has 5 heterocycles. The number of hydrogen-bond donors (Lipinski definition) is 16. The molecule has 0 amide bonds. The zero-order chi connectivity index (χ0) is 57.1. The van der Waals surface area contributed by atoms with Crippen LogP contribution < -0.4 is 0 Å². The maximum absolute atomic E-state index is 11.4. The third-order valence-electron chi connectivity index (χ3n) is 15.7. The highest BCUT2D eigenvalue weighted by molar-refractivity contribution is 5.00. The molecule has 26 nitrogen and oxygen atoms in total. The summed E-state index contributed by atoms with van der Waals surface area (Å²) >= 11 is 0. The molecular weight excluding hydrogens is 1040 g/mol. The lowest BCUT2D eigenvalue weighted by Gasteiger charge is -2.51. The Labute approximate surface area is 456 Å². The van der Waals surface area contributed by atoms with Crippen LogP contribution in [0.4, 0.5) is 0 Å². The highest BCUT2D eigenvalue weighted by Gasteiger charge is 2.58. The van der Waals surface area contributed by atoms with E-state index in [9.17, 15) is 81.7 Å². The van der Waals surface area contributed by atoms with Crippen LogP contribution in [0.25, 0.3) is 0 Å². The van der Waals surface area contributed by atoms with E-state index in [-0.39, 0.29) is 12.5 Å². The molecule has 10 unspecified atom stereocenters. The van der Waals surface area contributed by atoms with Gasteiger partial charge in [0.25, 0.3) is 0 Å². The fourth-order valence-electron chi connectivity index (χ4n) is 10.7. The Kier molecular flexibility index (Phi) is 30.1. The van der Waals surface area contributed by atoms with E-state index in [1.807, 2.05) is 0 Å². The topological polar surface area (TPSA) is 416 Å². The van der Waals surface area contributed by atoms with E-state index in [2.05, 4.69) is 13.8 Å². The molecular formula is C52H96O26. The Morgan fingerprint density at radius 2 is 0.615 bits per heavy atom. The van der Waals surface area contributed by atoms with Crippen molar-refractivity contribution in [3.8, 4) is 0 Å². The van der Waals surface area contributed by atoms with Crippen LogP contribution in [0.3, 0.4) is 0 Å². The van der Waals surface area contributed by atoms with Crippen LogP contribution in [0.15, 0.2) is 0 Å². The Bertz CT molecular complexity index is 1570. The minimum absolute atomic E-state index is 0.0164. The van der Waals surface area contributed by atoms with Crippen molar-refractivity contribution < 1.29 is 129 Å². The van der Waals surface area contributed by atoms with Crippen LogP contribution >= 0.6 is 0 Å². The van der Waals surface area contributed by atoms with Crippen LogP contribution in [0.2, 0.25) is 0 Å². The molecule has 0 bridgehead atoms. The summed E-state index contributed by atoms with van der Waals surface area (Å²) in [5.74, 6) is -0.0987. The summed E-state index contributed by atoms with van der Waals surface area (Å²) in [6.45, 7) is 0.0123. The van der Waals surface area contributed by atoms with Gasteiger partial charge in [0.2, 0.25) is 0 Å². The predicted molar refractivity (Wildman–Crippen MR) is 268 cm³/mol. The summed E-state index contributed by atoms with van der Waals surface area (Å²) in [5.41, 5.74) is 0. The van der Waals surface area contributed by atoms with Gasteiger partial charge in [-0.2, -0.15) is 0 Å². The van der Waals surface area contributed by atoms with E-state index in [0.29, 0.717) is 0 Å². The number of unbranched alkanes of at least 4 members (excludes halogenated alkanes) is 14. The van der Waals surface area contributed by atoms with Crippen molar-refractivity contribution in [2.75, 3.05) is 39.6 Å². The number of ether oxygens (including phenoxy) is 10. The zero-order valence-electron chi connectivity index (χ0n) is 45.2. The van der Waals surface area contributed by atoms with E-state index in [1.165, 1.54) is 25.7 Å². The Morgan fingerprint density at radius 3 is 0.987 bits per heavy atom. The lowest BCUT2D eigenvalue weighted by atomic mass is 9.94. The minimum atomic E-state index is -2.11. The lowest BCUT2D eigenvalue weighted by Crippen LogP contribution is -2.69. The van der Waals surface area contributed by atoms with Crippen molar-refractivity contribution in [3.05, 3.63) is 0 Å². The van der Waals surface area contributed by atoms with E-state index in [0.717, 1.165) is 89.9 Å². The van der Waals surface area contributed by atoms with Crippen LogP contribution in [0, 0.1) is 5.92 Å². The van der Waals surface area contributed by atoms with Gasteiger partial charge in [-0.1, -0.05) is 117 Å². The molecule has 0 aromatic carbocycles. The molecule has 25 atom stereocenters. The highest BCUT2D eigenvalue weighted by Crippen LogP contribution is 2.38. The van der Waals surface area contributed by atoms with E-state index in [1.54, 1.807) is 0 Å². The molecule has 0 saturated carbocycles. The van der Waals surface area contributed by atoms with Crippen molar-refractivity contribution >= 4 is 0 Å². The number of rotatable bonds is 34. The van der Waals surface area contributed by atoms with E-state index >= 15 is 0 Å². The molecule has 78 heavy (non-hydrogen) atoms. The number of hydrogen-bond acceptors (Lipinski definition) is 26. The van der Waals surface area contributed by atoms with Crippen LogP contribution in [-0.4, -0.2) is 275 Å². The Hall–Kier alpha value is -1.04. The third kappa shape index (κ3) is 18.5. The number of aliphatic hydroxyl groups is 16. The van der Waals surface area contributed by atoms with Crippen molar-refractivity contribution in [1.29, 1.82) is 0 Å². The van der Waals surface area contributed by atoms with Gasteiger partial charge >= 0.3 is 0 Å². The molecule has 0 spiro atoms. The summed E-state index contributed by atoms with van der Waals surface area (Å²) < 4.78 is 61.6. The van der Waals surface area contributed by atoms with Gasteiger partial charge in [-0.05, 0) is 18.8 Å². The first-order chi connectivity index (χ1) is 37.5. The summed E-state index contributed by atoms with van der Waals surface area (Å²) in [7, 11) is 0. The van der Waals surface area contributed by atoms with Gasteiger partial charge < -0.3 is 129 Å². The molecule has 5 rings (SSSR count). The first-order valence-electron chi connectivity index (χ1n) is 28.5. The quantitative estimate of drug-likeness (QED) is 0.0282. The highest BCUT2D eigenvalue weighted by atomic mass is 16.8. The summed E-state index contributed by atoms with van der Waals surface area (Å²) in [6.07, 6.45) is -27.9. The van der Waals surface area contributed by atoms with Crippen molar-refractivity contribution in [2.24, 2.45) is 5.92 Å². The Balaban J connectivity index is 1.58. The smallest absolute Gasteiger partial charge is 0.187 e. The molecule has 0 aromatic rings. The van der Waals surface area contributed by atoms with Crippen molar-refractivity contribution in [1.82, 2.24) is 0 Å². The molecule has 5 aliphatic heterocycles. The van der Waals surface area contributed by atoms with Gasteiger partial charge in [0.05, 0.1) is 39.6 Å². The van der Waals surface area contributed by atoms with Crippen LogP contribution in [0.5, 0.6) is 0 Å². The molecule has 26 heteroatoms. The average Bonchev–Trinajstić information content (AvgIpc) is 3.43. The van der Waals surface area contributed by atoms with Crippen molar-refractivity contribution in [2.45, 2.75) is 283 Å². The molecule has 16 N–H and O–H groups in total. The summed E-state index contributed by atoms with van der Waals surface area (Å²) in [5, 5.41) is 172. The van der Waals surface area contributed by atoms with Gasteiger partial charge in [-0.25, -0.2) is 0 Å². The normalized spacial score (nSPS) is 41.7. The van der Waals surface area contributed by atoms with Gasteiger partial charge in [0.1, 0.15) is 122 Å². The fraction of sp³-hybridized carbons (Fsp3) is 1.00. The van der Waals surface area contributed by atoms with Crippen molar-refractivity contribution in [3.63, 3.8) is 0 Å². The summed E-state index contributed by atoms with van der Waals surface area (Å²) in [6, 6.07) is 0. The first kappa shape index (κ1) is 67.7. The standard InChI is InChI=1S/C52H96O26/c1-3-5-7-9-11-13-15-17-19-27(20-18-16-14-12-10-8-6-4-2)25-69-52-47(78-51-44(68)40(64)36(60)31(24-56)74-51)46(77-50-43(67)39(63)35(59)30(23-55)73-50)45(76-49-42(66)38(62)34(58)29(22-54)72-49)32(75-52)26-70-48-41(65)37(61)33(57)28(21-53)71-48/h27-68H,3-26H2,1-2H3/t28?,29?,30?,31?,32?,33-,34-,35-,36-,37+,38+,39+,40+,41?,42?,43?,44?,45-,46+,47?,48-,49+,50+,51+,52-/m1/s1.